The Balaban J connectivity index is 2.13. The fourth-order valence-corrected chi connectivity index (χ4v) is 2.95. The Hall–Kier alpha value is -2.49. The van der Waals surface area contributed by atoms with Gasteiger partial charge in [0.2, 0.25) is 10.0 Å². The Morgan fingerprint density at radius 2 is 1.77 bits per heavy atom. The molecular formula is C17H21N3O5S. The number of hydrogen-bond donors (Lipinski definition) is 2. The van der Waals surface area contributed by atoms with Crippen molar-refractivity contribution in [3.05, 3.63) is 63.7 Å². The average molecular weight is 379 g/mol. The normalized spacial score (nSPS) is 11.5. The van der Waals surface area contributed by atoms with Gasteiger partial charge in [-0.3, -0.25) is 10.1 Å². The molecule has 0 aliphatic carbocycles. The topological polar surface area (TPSA) is 125 Å². The number of nitrogens with one attached hydrogen (secondary N) is 1. The van der Waals surface area contributed by atoms with E-state index in [1.165, 1.54) is 12.1 Å². The molecule has 3 N–H and O–H groups in total. The number of ether oxygens (including phenoxy) is 1. The van der Waals surface area contributed by atoms with E-state index in [0.29, 0.717) is 13.2 Å². The van der Waals surface area contributed by atoms with Gasteiger partial charge in [-0.1, -0.05) is 24.3 Å². The summed E-state index contributed by atoms with van der Waals surface area (Å²) in [5.41, 5.74) is 1.82. The second-order valence-corrected chi connectivity index (χ2v) is 7.54. The molecule has 0 saturated heterocycles. The van der Waals surface area contributed by atoms with Gasteiger partial charge in [-0.2, -0.15) is 0 Å². The third-order valence-corrected chi connectivity index (χ3v) is 4.52. The first-order valence-electron chi connectivity index (χ1n) is 7.91. The molecule has 0 fully saturated rings. The highest BCUT2D eigenvalue weighted by atomic mass is 32.2. The molecule has 0 bridgehead atoms. The summed E-state index contributed by atoms with van der Waals surface area (Å²) in [4.78, 5) is 9.86. The van der Waals surface area contributed by atoms with Crippen LogP contribution >= 0.6 is 0 Å². The van der Waals surface area contributed by atoms with Gasteiger partial charge in [0.15, 0.2) is 0 Å². The highest BCUT2D eigenvalue weighted by molar-refractivity contribution is 7.89. The summed E-state index contributed by atoms with van der Waals surface area (Å²) < 4.78 is 29.0. The second kappa shape index (κ2) is 8.26. The van der Waals surface area contributed by atoms with Crippen molar-refractivity contribution in [3.63, 3.8) is 0 Å². The first kappa shape index (κ1) is 19.8. The summed E-state index contributed by atoms with van der Waals surface area (Å²) in [5.74, 6) is 0. The third-order valence-electron chi connectivity index (χ3n) is 3.57. The van der Waals surface area contributed by atoms with Crippen molar-refractivity contribution in [2.24, 2.45) is 5.14 Å². The van der Waals surface area contributed by atoms with E-state index in [2.05, 4.69) is 5.32 Å². The molecule has 26 heavy (non-hydrogen) atoms. The molecule has 0 aromatic heterocycles. The van der Waals surface area contributed by atoms with Gasteiger partial charge in [0.25, 0.3) is 5.69 Å². The van der Waals surface area contributed by atoms with Crippen LogP contribution in [0.15, 0.2) is 47.4 Å². The Kier molecular flexibility index (Phi) is 6.30. The SMILES string of the molecule is CC(C)OCc1ccc(CNc2ccc([N+](=O)[O-])cc2S(N)(=O)=O)cc1. The van der Waals surface area contributed by atoms with Gasteiger partial charge >= 0.3 is 0 Å². The number of benzene rings is 2. The van der Waals surface area contributed by atoms with Crippen LogP contribution in [0.4, 0.5) is 11.4 Å². The van der Waals surface area contributed by atoms with E-state index < -0.39 is 14.9 Å². The zero-order chi connectivity index (χ0) is 19.3. The van der Waals surface area contributed by atoms with Crippen LogP contribution in [0.25, 0.3) is 0 Å². The van der Waals surface area contributed by atoms with E-state index in [0.717, 1.165) is 17.2 Å². The zero-order valence-corrected chi connectivity index (χ0v) is 15.3. The Morgan fingerprint density at radius 3 is 2.31 bits per heavy atom. The Bertz CT molecular complexity index is 880. The second-order valence-electron chi connectivity index (χ2n) is 6.01. The van der Waals surface area contributed by atoms with Crippen molar-refractivity contribution in [2.75, 3.05) is 5.32 Å². The van der Waals surface area contributed by atoms with Gasteiger partial charge in [-0.15, -0.1) is 0 Å². The molecule has 0 radical (unpaired) electrons. The van der Waals surface area contributed by atoms with Crippen molar-refractivity contribution in [1.82, 2.24) is 0 Å². The largest absolute Gasteiger partial charge is 0.380 e. The van der Waals surface area contributed by atoms with Gasteiger partial charge in [0, 0.05) is 18.7 Å². The first-order chi connectivity index (χ1) is 12.2. The molecule has 8 nitrogen and oxygen atoms in total. The van der Waals surface area contributed by atoms with E-state index in [1.807, 2.05) is 38.1 Å². The zero-order valence-electron chi connectivity index (χ0n) is 14.5. The number of nitrogens with two attached hydrogens (primary N) is 1. The maximum Gasteiger partial charge on any atom is 0.270 e. The van der Waals surface area contributed by atoms with E-state index >= 15 is 0 Å². The van der Waals surface area contributed by atoms with Crippen molar-refractivity contribution in [1.29, 1.82) is 0 Å². The fourth-order valence-electron chi connectivity index (χ4n) is 2.22. The molecule has 0 atom stereocenters. The van der Waals surface area contributed by atoms with Gasteiger partial charge in [-0.25, -0.2) is 13.6 Å². The molecule has 0 amide bonds. The molecule has 9 heteroatoms. The number of anilines is 1. The van der Waals surface area contributed by atoms with E-state index in [1.54, 1.807) is 0 Å². The van der Waals surface area contributed by atoms with E-state index in [4.69, 9.17) is 9.88 Å². The Labute approximate surface area is 152 Å². The summed E-state index contributed by atoms with van der Waals surface area (Å²) in [5, 5.41) is 19.0. The molecule has 0 heterocycles. The molecule has 140 valence electrons. The molecule has 0 aliphatic heterocycles. The third kappa shape index (κ3) is 5.51. The molecule has 0 spiro atoms. The number of nitro benzene ring substituents is 1. The predicted molar refractivity (Wildman–Crippen MR) is 98.2 cm³/mol. The van der Waals surface area contributed by atoms with Crippen LogP contribution < -0.4 is 10.5 Å². The minimum Gasteiger partial charge on any atom is -0.380 e. The summed E-state index contributed by atoms with van der Waals surface area (Å²) in [6.45, 7) is 4.78. The van der Waals surface area contributed by atoms with Crippen LogP contribution in [0, 0.1) is 10.1 Å². The minimum atomic E-state index is -4.10. The summed E-state index contributed by atoms with van der Waals surface area (Å²) in [7, 11) is -4.10. The van der Waals surface area contributed by atoms with Crippen LogP contribution in [0.1, 0.15) is 25.0 Å². The Morgan fingerprint density at radius 1 is 1.15 bits per heavy atom. The quantitative estimate of drug-likeness (QED) is 0.537. The first-order valence-corrected chi connectivity index (χ1v) is 9.46. The standard InChI is InChI=1S/C17H21N3O5S/c1-12(2)25-11-14-5-3-13(4-6-14)10-19-16-8-7-15(20(21)22)9-17(16)26(18,23)24/h3-9,12,19H,10-11H2,1-2H3,(H2,18,23,24). The summed E-state index contributed by atoms with van der Waals surface area (Å²) in [6.07, 6.45) is 0.148. The number of non-ortho nitro benzene ring substituents is 1. The van der Waals surface area contributed by atoms with Crippen molar-refractivity contribution in [3.8, 4) is 0 Å². The van der Waals surface area contributed by atoms with E-state index in [9.17, 15) is 18.5 Å². The number of primary sulfonamides is 1. The lowest BCUT2D eigenvalue weighted by Gasteiger charge is -2.12. The van der Waals surface area contributed by atoms with Crippen LogP contribution in [0.2, 0.25) is 0 Å². The highest BCUT2D eigenvalue weighted by Gasteiger charge is 2.18. The number of nitrogens with zero attached hydrogens (tertiary/aromatic N) is 1. The van der Waals surface area contributed by atoms with Crippen LogP contribution in [0.3, 0.4) is 0 Å². The van der Waals surface area contributed by atoms with Gasteiger partial charge < -0.3 is 10.1 Å². The molecule has 0 aliphatic rings. The van der Waals surface area contributed by atoms with Crippen molar-refractivity contribution < 1.29 is 18.1 Å². The number of rotatable bonds is 8. The summed E-state index contributed by atoms with van der Waals surface area (Å²) in [6, 6.07) is 11.2. The fraction of sp³-hybridized carbons (Fsp3) is 0.294. The lowest BCUT2D eigenvalue weighted by molar-refractivity contribution is -0.385. The van der Waals surface area contributed by atoms with Crippen molar-refractivity contribution >= 4 is 21.4 Å². The molecule has 0 saturated carbocycles. The van der Waals surface area contributed by atoms with Crippen LogP contribution in [0.5, 0.6) is 0 Å². The maximum atomic E-state index is 11.7. The smallest absolute Gasteiger partial charge is 0.270 e. The molecule has 2 aromatic carbocycles. The van der Waals surface area contributed by atoms with Crippen molar-refractivity contribution in [2.45, 2.75) is 38.0 Å². The van der Waals surface area contributed by atoms with Gasteiger partial charge in [0.05, 0.1) is 23.3 Å². The lowest BCUT2D eigenvalue weighted by Crippen LogP contribution is -2.15. The number of hydrogen-bond acceptors (Lipinski definition) is 6. The van der Waals surface area contributed by atoms with Crippen LogP contribution in [-0.4, -0.2) is 19.4 Å². The van der Waals surface area contributed by atoms with Gasteiger partial charge in [-0.05, 0) is 31.0 Å². The molecule has 0 unspecified atom stereocenters. The molecule has 2 rings (SSSR count). The lowest BCUT2D eigenvalue weighted by atomic mass is 10.1. The predicted octanol–water partition coefficient (Wildman–Crippen LogP) is 2.78. The van der Waals surface area contributed by atoms with Crippen LogP contribution in [-0.2, 0) is 27.9 Å². The van der Waals surface area contributed by atoms with Gasteiger partial charge in [0.1, 0.15) is 4.90 Å². The average Bonchev–Trinajstić information content (AvgIpc) is 2.58. The molecule has 2 aromatic rings. The minimum absolute atomic E-state index is 0.148. The van der Waals surface area contributed by atoms with E-state index in [-0.39, 0.29) is 22.4 Å². The summed E-state index contributed by atoms with van der Waals surface area (Å²) >= 11 is 0. The maximum absolute atomic E-state index is 11.7. The molecular weight excluding hydrogens is 358 g/mol. The number of sulfonamides is 1. The monoisotopic (exact) mass is 379 g/mol. The number of nitro groups is 1. The highest BCUT2D eigenvalue weighted by Crippen LogP contribution is 2.26.